The number of aromatic nitrogens is 1. The van der Waals surface area contributed by atoms with Gasteiger partial charge in [0, 0.05) is 24.6 Å². The van der Waals surface area contributed by atoms with Crippen LogP contribution in [0.15, 0.2) is 24.5 Å². The summed E-state index contributed by atoms with van der Waals surface area (Å²) in [4.78, 5) is 26.9. The van der Waals surface area contributed by atoms with Crippen LogP contribution in [0.1, 0.15) is 23.2 Å². The van der Waals surface area contributed by atoms with Crippen molar-refractivity contribution in [2.24, 2.45) is 0 Å². The van der Waals surface area contributed by atoms with Crippen molar-refractivity contribution >= 4 is 11.8 Å². The van der Waals surface area contributed by atoms with Gasteiger partial charge in [-0.1, -0.05) is 0 Å². The first kappa shape index (κ1) is 11.5. The van der Waals surface area contributed by atoms with Crippen LogP contribution in [0.4, 0.5) is 0 Å². The fourth-order valence-electron chi connectivity index (χ4n) is 1.56. The minimum atomic E-state index is -0.451. The maximum atomic E-state index is 11.6. The van der Waals surface area contributed by atoms with Gasteiger partial charge in [0.25, 0.3) is 11.8 Å². The first-order valence-electron chi connectivity index (χ1n) is 5.39. The van der Waals surface area contributed by atoms with Crippen LogP contribution in [-0.2, 0) is 9.53 Å². The molecule has 0 radical (unpaired) electrons. The lowest BCUT2D eigenvalue weighted by Gasteiger charge is -2.11. The van der Waals surface area contributed by atoms with Gasteiger partial charge in [-0.05, 0) is 25.0 Å². The van der Waals surface area contributed by atoms with Crippen molar-refractivity contribution in [3.63, 3.8) is 0 Å². The van der Waals surface area contributed by atoms with E-state index in [2.05, 4.69) is 15.8 Å². The van der Waals surface area contributed by atoms with Gasteiger partial charge >= 0.3 is 0 Å². The van der Waals surface area contributed by atoms with Gasteiger partial charge in [-0.25, -0.2) is 0 Å². The largest absolute Gasteiger partial charge is 0.368 e. The molecule has 1 saturated heterocycles. The van der Waals surface area contributed by atoms with Crippen LogP contribution in [0, 0.1) is 0 Å². The molecular weight excluding hydrogens is 222 g/mol. The van der Waals surface area contributed by atoms with Crippen LogP contribution in [0.25, 0.3) is 0 Å². The zero-order valence-corrected chi connectivity index (χ0v) is 9.18. The Bertz CT molecular complexity index is 402. The molecule has 1 atom stereocenters. The number of hydrazine groups is 1. The van der Waals surface area contributed by atoms with E-state index >= 15 is 0 Å². The molecule has 0 aliphatic carbocycles. The SMILES string of the molecule is O=C(NNC(=O)C1CCCO1)c1ccncc1. The summed E-state index contributed by atoms with van der Waals surface area (Å²) in [6, 6.07) is 3.13. The molecule has 1 aromatic rings. The normalized spacial score (nSPS) is 18.7. The molecule has 6 nitrogen and oxygen atoms in total. The lowest BCUT2D eigenvalue weighted by atomic mass is 10.2. The molecule has 2 amide bonds. The average molecular weight is 235 g/mol. The number of carbonyl (C=O) groups excluding carboxylic acids is 2. The Labute approximate surface area is 98.3 Å². The number of rotatable bonds is 2. The van der Waals surface area contributed by atoms with Gasteiger partial charge < -0.3 is 4.74 Å². The quantitative estimate of drug-likeness (QED) is 0.708. The summed E-state index contributed by atoms with van der Waals surface area (Å²) in [6.45, 7) is 0.594. The van der Waals surface area contributed by atoms with E-state index in [1.807, 2.05) is 0 Å². The van der Waals surface area contributed by atoms with Crippen molar-refractivity contribution in [2.45, 2.75) is 18.9 Å². The predicted molar refractivity (Wildman–Crippen MR) is 58.8 cm³/mol. The third kappa shape index (κ3) is 3.01. The van der Waals surface area contributed by atoms with Crippen molar-refractivity contribution < 1.29 is 14.3 Å². The number of nitrogens with zero attached hydrogens (tertiary/aromatic N) is 1. The maximum absolute atomic E-state index is 11.6. The van der Waals surface area contributed by atoms with Gasteiger partial charge in [-0.15, -0.1) is 0 Å². The highest BCUT2D eigenvalue weighted by Crippen LogP contribution is 2.11. The highest BCUT2D eigenvalue weighted by atomic mass is 16.5. The topological polar surface area (TPSA) is 80.3 Å². The average Bonchev–Trinajstić information content (AvgIpc) is 2.90. The summed E-state index contributed by atoms with van der Waals surface area (Å²) in [5.74, 6) is -0.691. The van der Waals surface area contributed by atoms with E-state index < -0.39 is 6.10 Å². The first-order valence-corrected chi connectivity index (χ1v) is 5.39. The summed E-state index contributed by atoms with van der Waals surface area (Å²) < 4.78 is 5.18. The Balaban J connectivity index is 1.82. The Kier molecular flexibility index (Phi) is 3.66. The van der Waals surface area contributed by atoms with Crippen LogP contribution < -0.4 is 10.9 Å². The molecule has 1 aliphatic rings. The molecule has 2 heterocycles. The monoisotopic (exact) mass is 235 g/mol. The highest BCUT2D eigenvalue weighted by Gasteiger charge is 2.23. The second-order valence-corrected chi connectivity index (χ2v) is 3.68. The number of amides is 2. The molecule has 2 N–H and O–H groups in total. The van der Waals surface area contributed by atoms with Crippen molar-refractivity contribution in [1.82, 2.24) is 15.8 Å². The highest BCUT2D eigenvalue weighted by molar-refractivity contribution is 5.95. The summed E-state index contributed by atoms with van der Waals surface area (Å²) in [5.41, 5.74) is 5.11. The molecule has 1 unspecified atom stereocenters. The molecule has 1 aromatic heterocycles. The van der Waals surface area contributed by atoms with Crippen LogP contribution in [0.3, 0.4) is 0 Å². The number of ether oxygens (including phenoxy) is 1. The molecule has 6 heteroatoms. The van der Waals surface area contributed by atoms with Crippen LogP contribution in [0.5, 0.6) is 0 Å². The van der Waals surface area contributed by atoms with Crippen molar-refractivity contribution in [3.05, 3.63) is 30.1 Å². The molecule has 1 aliphatic heterocycles. The summed E-state index contributed by atoms with van der Waals surface area (Å²) >= 11 is 0. The summed E-state index contributed by atoms with van der Waals surface area (Å²) in [5, 5.41) is 0. The zero-order chi connectivity index (χ0) is 12.1. The van der Waals surface area contributed by atoms with Gasteiger partial charge in [0.1, 0.15) is 6.10 Å². The van der Waals surface area contributed by atoms with E-state index in [0.29, 0.717) is 18.6 Å². The fourth-order valence-corrected chi connectivity index (χ4v) is 1.56. The maximum Gasteiger partial charge on any atom is 0.269 e. The molecule has 90 valence electrons. The molecule has 0 spiro atoms. The predicted octanol–water partition coefficient (Wildman–Crippen LogP) is 0.0216. The molecular formula is C11H13N3O3. The zero-order valence-electron chi connectivity index (χ0n) is 9.18. The van der Waals surface area contributed by atoms with Gasteiger partial charge in [-0.2, -0.15) is 0 Å². The summed E-state index contributed by atoms with van der Waals surface area (Å²) in [6.07, 6.45) is 4.13. The van der Waals surface area contributed by atoms with E-state index in [0.717, 1.165) is 6.42 Å². The van der Waals surface area contributed by atoms with Crippen molar-refractivity contribution in [3.8, 4) is 0 Å². The Morgan fingerprint density at radius 3 is 2.71 bits per heavy atom. The Hall–Kier alpha value is -1.95. The number of pyridine rings is 1. The third-order valence-electron chi connectivity index (χ3n) is 2.46. The summed E-state index contributed by atoms with van der Waals surface area (Å²) in [7, 11) is 0. The van der Waals surface area contributed by atoms with Crippen LogP contribution in [0.2, 0.25) is 0 Å². The van der Waals surface area contributed by atoms with E-state index in [1.54, 1.807) is 12.1 Å². The van der Waals surface area contributed by atoms with Gasteiger partial charge in [-0.3, -0.25) is 25.4 Å². The molecule has 0 aromatic carbocycles. The number of hydrogen-bond donors (Lipinski definition) is 2. The number of nitrogens with one attached hydrogen (secondary N) is 2. The van der Waals surface area contributed by atoms with Crippen LogP contribution in [-0.4, -0.2) is 29.5 Å². The second kappa shape index (κ2) is 5.40. The Morgan fingerprint density at radius 2 is 2.06 bits per heavy atom. The third-order valence-corrected chi connectivity index (χ3v) is 2.46. The standard InChI is InChI=1S/C11H13N3O3/c15-10(8-3-5-12-6-4-8)13-14-11(16)9-2-1-7-17-9/h3-6,9H,1-2,7H2,(H,13,15)(H,14,16). The first-order chi connectivity index (χ1) is 8.27. The van der Waals surface area contributed by atoms with E-state index in [4.69, 9.17) is 4.74 Å². The van der Waals surface area contributed by atoms with Gasteiger partial charge in [0.05, 0.1) is 0 Å². The molecule has 1 fully saturated rings. The molecule has 17 heavy (non-hydrogen) atoms. The van der Waals surface area contributed by atoms with Gasteiger partial charge in [0.15, 0.2) is 0 Å². The van der Waals surface area contributed by atoms with E-state index in [1.165, 1.54) is 12.4 Å². The molecule has 2 rings (SSSR count). The number of carbonyl (C=O) groups is 2. The minimum Gasteiger partial charge on any atom is -0.368 e. The molecule has 0 saturated carbocycles. The molecule has 0 bridgehead atoms. The van der Waals surface area contributed by atoms with Crippen molar-refractivity contribution in [1.29, 1.82) is 0 Å². The lowest BCUT2D eigenvalue weighted by Crippen LogP contribution is -2.46. The van der Waals surface area contributed by atoms with Crippen molar-refractivity contribution in [2.75, 3.05) is 6.61 Å². The minimum absolute atomic E-state index is 0.315. The smallest absolute Gasteiger partial charge is 0.269 e. The lowest BCUT2D eigenvalue weighted by molar-refractivity contribution is -0.130. The fraction of sp³-hybridized carbons (Fsp3) is 0.364. The van der Waals surface area contributed by atoms with E-state index in [-0.39, 0.29) is 11.8 Å². The second-order valence-electron chi connectivity index (χ2n) is 3.68. The van der Waals surface area contributed by atoms with Crippen LogP contribution >= 0.6 is 0 Å². The Morgan fingerprint density at radius 1 is 1.29 bits per heavy atom. The van der Waals surface area contributed by atoms with Gasteiger partial charge in [0.2, 0.25) is 0 Å². The number of hydrogen-bond acceptors (Lipinski definition) is 4. The van der Waals surface area contributed by atoms with E-state index in [9.17, 15) is 9.59 Å².